The maximum Gasteiger partial charge on any atom is 0.319 e. The van der Waals surface area contributed by atoms with Crippen LogP contribution < -0.4 is 10.6 Å². The first-order valence-corrected chi connectivity index (χ1v) is 9.21. The molecule has 0 bridgehead atoms. The van der Waals surface area contributed by atoms with Crippen molar-refractivity contribution in [3.63, 3.8) is 0 Å². The molecule has 132 valence electrons. The number of anilines is 1. The van der Waals surface area contributed by atoms with E-state index in [1.165, 1.54) is 0 Å². The van der Waals surface area contributed by atoms with Crippen LogP contribution in [0.3, 0.4) is 0 Å². The molecular formula is C18H26ClN3O2. The highest BCUT2D eigenvalue weighted by atomic mass is 35.5. The maximum absolute atomic E-state index is 12.0. The van der Waals surface area contributed by atoms with Gasteiger partial charge in [0.1, 0.15) is 0 Å². The summed E-state index contributed by atoms with van der Waals surface area (Å²) in [6.07, 6.45) is 4.60. The zero-order chi connectivity index (χ0) is 16.8. The summed E-state index contributed by atoms with van der Waals surface area (Å²) >= 11 is 6.05. The molecule has 0 radical (unpaired) electrons. The lowest BCUT2D eigenvalue weighted by Crippen LogP contribution is -2.46. The van der Waals surface area contributed by atoms with E-state index in [1.807, 2.05) is 12.1 Å². The van der Waals surface area contributed by atoms with E-state index in [2.05, 4.69) is 15.5 Å². The number of piperidine rings is 1. The van der Waals surface area contributed by atoms with Crippen LogP contribution in [-0.2, 0) is 4.74 Å². The molecule has 6 heteroatoms. The quantitative estimate of drug-likeness (QED) is 0.874. The van der Waals surface area contributed by atoms with E-state index in [0.29, 0.717) is 22.7 Å². The molecule has 1 aromatic carbocycles. The van der Waals surface area contributed by atoms with Crippen LogP contribution in [0.1, 0.15) is 25.7 Å². The first-order valence-electron chi connectivity index (χ1n) is 8.83. The number of nitrogens with one attached hydrogen (secondary N) is 2. The number of rotatable bonds is 4. The molecule has 0 atom stereocenters. The van der Waals surface area contributed by atoms with E-state index in [0.717, 1.165) is 58.5 Å². The fourth-order valence-corrected chi connectivity index (χ4v) is 3.72. The van der Waals surface area contributed by atoms with Gasteiger partial charge < -0.3 is 20.3 Å². The van der Waals surface area contributed by atoms with Crippen molar-refractivity contribution in [2.75, 3.05) is 38.2 Å². The van der Waals surface area contributed by atoms with Crippen LogP contribution in [-0.4, -0.2) is 49.8 Å². The molecule has 2 saturated heterocycles. The SMILES string of the molecule is O=C(NCC1CCN(C2CCOCC2)CC1)Nc1ccccc1Cl. The molecule has 1 aromatic rings. The molecule has 2 aliphatic rings. The van der Waals surface area contributed by atoms with Gasteiger partial charge in [-0.05, 0) is 56.8 Å². The van der Waals surface area contributed by atoms with Gasteiger partial charge in [0, 0.05) is 25.8 Å². The number of nitrogens with zero attached hydrogens (tertiary/aromatic N) is 1. The Morgan fingerprint density at radius 3 is 2.58 bits per heavy atom. The average Bonchev–Trinajstić information content (AvgIpc) is 2.63. The number of urea groups is 1. The van der Waals surface area contributed by atoms with Crippen LogP contribution in [0, 0.1) is 5.92 Å². The monoisotopic (exact) mass is 351 g/mol. The van der Waals surface area contributed by atoms with Crippen molar-refractivity contribution in [1.82, 2.24) is 10.2 Å². The fraction of sp³-hybridized carbons (Fsp3) is 0.611. The third-order valence-electron chi connectivity index (χ3n) is 5.03. The van der Waals surface area contributed by atoms with Gasteiger partial charge in [-0.3, -0.25) is 0 Å². The molecule has 5 nitrogen and oxygen atoms in total. The highest BCUT2D eigenvalue weighted by Gasteiger charge is 2.26. The summed E-state index contributed by atoms with van der Waals surface area (Å²) in [5.74, 6) is 0.554. The molecule has 2 N–H and O–H groups in total. The number of hydrogen-bond acceptors (Lipinski definition) is 3. The third-order valence-corrected chi connectivity index (χ3v) is 5.36. The van der Waals surface area contributed by atoms with Crippen LogP contribution >= 0.6 is 11.6 Å². The first-order chi connectivity index (χ1) is 11.7. The number of halogens is 1. The Kier molecular flexibility index (Phi) is 6.35. The molecule has 0 saturated carbocycles. The standard InChI is InChI=1S/C18H26ClN3O2/c19-16-3-1-2-4-17(16)21-18(23)20-13-14-5-9-22(10-6-14)15-7-11-24-12-8-15/h1-4,14-15H,5-13H2,(H2,20,21,23). The van der Waals surface area contributed by atoms with Crippen LogP contribution in [0.2, 0.25) is 5.02 Å². The topological polar surface area (TPSA) is 53.6 Å². The van der Waals surface area contributed by atoms with Crippen LogP contribution in [0.5, 0.6) is 0 Å². The predicted octanol–water partition coefficient (Wildman–Crippen LogP) is 3.35. The van der Waals surface area contributed by atoms with E-state index in [-0.39, 0.29) is 6.03 Å². The van der Waals surface area contributed by atoms with E-state index < -0.39 is 0 Å². The number of hydrogen-bond donors (Lipinski definition) is 2. The molecule has 0 unspecified atom stereocenters. The number of ether oxygens (including phenoxy) is 1. The minimum Gasteiger partial charge on any atom is -0.381 e. The highest BCUT2D eigenvalue weighted by molar-refractivity contribution is 6.33. The summed E-state index contributed by atoms with van der Waals surface area (Å²) in [6.45, 7) is 4.77. The number of benzene rings is 1. The van der Waals surface area contributed by atoms with Gasteiger partial charge in [-0.2, -0.15) is 0 Å². The van der Waals surface area contributed by atoms with Crippen molar-refractivity contribution in [3.05, 3.63) is 29.3 Å². The van der Waals surface area contributed by atoms with E-state index in [9.17, 15) is 4.79 Å². The van der Waals surface area contributed by atoms with Gasteiger partial charge in [0.05, 0.1) is 10.7 Å². The predicted molar refractivity (Wildman–Crippen MR) is 96.6 cm³/mol. The lowest BCUT2D eigenvalue weighted by atomic mass is 9.94. The minimum atomic E-state index is -0.185. The minimum absolute atomic E-state index is 0.185. The van der Waals surface area contributed by atoms with Gasteiger partial charge in [0.15, 0.2) is 0 Å². The molecule has 2 heterocycles. The number of likely N-dealkylation sites (tertiary alicyclic amines) is 1. The van der Waals surface area contributed by atoms with Gasteiger partial charge in [0.2, 0.25) is 0 Å². The number of para-hydroxylation sites is 1. The highest BCUT2D eigenvalue weighted by Crippen LogP contribution is 2.23. The third kappa shape index (κ3) is 4.85. The average molecular weight is 352 g/mol. The van der Waals surface area contributed by atoms with Gasteiger partial charge in [-0.1, -0.05) is 23.7 Å². The van der Waals surface area contributed by atoms with Crippen molar-refractivity contribution >= 4 is 23.3 Å². The molecule has 0 aliphatic carbocycles. The maximum atomic E-state index is 12.0. The molecular weight excluding hydrogens is 326 g/mol. The first kappa shape index (κ1) is 17.5. The normalized spacial score (nSPS) is 20.7. The number of carbonyl (C=O) groups excluding carboxylic acids is 1. The summed E-state index contributed by atoms with van der Waals surface area (Å²) in [7, 11) is 0. The summed E-state index contributed by atoms with van der Waals surface area (Å²) in [4.78, 5) is 14.6. The molecule has 24 heavy (non-hydrogen) atoms. The second-order valence-electron chi connectivity index (χ2n) is 6.64. The second kappa shape index (κ2) is 8.70. The Labute approximate surface area is 148 Å². The van der Waals surface area contributed by atoms with E-state index in [4.69, 9.17) is 16.3 Å². The molecule has 3 rings (SSSR count). The van der Waals surface area contributed by atoms with Gasteiger partial charge in [-0.25, -0.2) is 4.79 Å². The van der Waals surface area contributed by atoms with Crippen LogP contribution in [0.15, 0.2) is 24.3 Å². The van der Waals surface area contributed by atoms with Gasteiger partial charge in [-0.15, -0.1) is 0 Å². The Balaban J connectivity index is 1.37. The zero-order valence-electron chi connectivity index (χ0n) is 14.0. The Morgan fingerprint density at radius 1 is 1.17 bits per heavy atom. The fourth-order valence-electron chi connectivity index (χ4n) is 3.54. The number of amides is 2. The number of carbonyl (C=O) groups is 1. The van der Waals surface area contributed by atoms with Crippen molar-refractivity contribution < 1.29 is 9.53 Å². The lowest BCUT2D eigenvalue weighted by molar-refractivity contribution is 0.0213. The van der Waals surface area contributed by atoms with Crippen molar-refractivity contribution in [3.8, 4) is 0 Å². The molecule has 0 aromatic heterocycles. The summed E-state index contributed by atoms with van der Waals surface area (Å²) in [5.41, 5.74) is 0.644. The second-order valence-corrected chi connectivity index (χ2v) is 7.04. The molecule has 2 aliphatic heterocycles. The van der Waals surface area contributed by atoms with Crippen molar-refractivity contribution in [2.45, 2.75) is 31.7 Å². The molecule has 2 amide bonds. The van der Waals surface area contributed by atoms with Gasteiger partial charge in [0.25, 0.3) is 0 Å². The van der Waals surface area contributed by atoms with Gasteiger partial charge >= 0.3 is 6.03 Å². The summed E-state index contributed by atoms with van der Waals surface area (Å²) in [6, 6.07) is 7.77. The van der Waals surface area contributed by atoms with Crippen LogP contribution in [0.25, 0.3) is 0 Å². The lowest BCUT2D eigenvalue weighted by Gasteiger charge is -2.39. The Bertz CT molecular complexity index is 541. The summed E-state index contributed by atoms with van der Waals surface area (Å²) in [5, 5.41) is 6.33. The Morgan fingerprint density at radius 2 is 1.88 bits per heavy atom. The van der Waals surface area contributed by atoms with Crippen molar-refractivity contribution in [1.29, 1.82) is 0 Å². The van der Waals surface area contributed by atoms with E-state index in [1.54, 1.807) is 12.1 Å². The zero-order valence-corrected chi connectivity index (χ0v) is 14.7. The van der Waals surface area contributed by atoms with Crippen molar-refractivity contribution in [2.24, 2.45) is 5.92 Å². The molecule has 2 fully saturated rings. The smallest absolute Gasteiger partial charge is 0.319 e. The van der Waals surface area contributed by atoms with E-state index >= 15 is 0 Å². The largest absolute Gasteiger partial charge is 0.381 e. The Hall–Kier alpha value is -1.30. The van der Waals surface area contributed by atoms with Crippen LogP contribution in [0.4, 0.5) is 10.5 Å². The molecule has 0 spiro atoms. The summed E-state index contributed by atoms with van der Waals surface area (Å²) < 4.78 is 5.44.